The van der Waals surface area contributed by atoms with E-state index in [-0.39, 0.29) is 17.4 Å². The van der Waals surface area contributed by atoms with Crippen molar-refractivity contribution < 1.29 is 8.42 Å². The van der Waals surface area contributed by atoms with Gasteiger partial charge >= 0.3 is 0 Å². The number of hydrogen-bond donors (Lipinski definition) is 0. The van der Waals surface area contributed by atoms with Gasteiger partial charge < -0.3 is 0 Å². The summed E-state index contributed by atoms with van der Waals surface area (Å²) in [5, 5.41) is 2.27. The highest BCUT2D eigenvalue weighted by molar-refractivity contribution is 7.89. The van der Waals surface area contributed by atoms with Crippen molar-refractivity contribution in [1.29, 1.82) is 0 Å². The van der Waals surface area contributed by atoms with E-state index in [9.17, 15) is 8.42 Å². The lowest BCUT2D eigenvalue weighted by Crippen LogP contribution is -2.32. The first-order chi connectivity index (χ1) is 19.0. The molecule has 5 aromatic rings. The van der Waals surface area contributed by atoms with Gasteiger partial charge in [-0.05, 0) is 58.2 Å². The van der Waals surface area contributed by atoms with E-state index in [0.717, 1.165) is 38.6 Å². The second-order valence-electron chi connectivity index (χ2n) is 9.91. The molecular weight excluding hydrogens is 498 g/mol. The third-order valence-electron chi connectivity index (χ3n) is 7.31. The van der Waals surface area contributed by atoms with Gasteiger partial charge in [0.05, 0.1) is 10.6 Å². The maximum absolute atomic E-state index is 14.4. The van der Waals surface area contributed by atoms with E-state index >= 15 is 0 Å². The fourth-order valence-electron chi connectivity index (χ4n) is 5.29. The predicted molar refractivity (Wildman–Crippen MR) is 161 cm³/mol. The summed E-state index contributed by atoms with van der Waals surface area (Å²) in [4.78, 5) is 0.287. The largest absolute Gasteiger partial charge is 0.265 e. The van der Waals surface area contributed by atoms with Crippen molar-refractivity contribution >= 4 is 32.1 Å². The van der Waals surface area contributed by atoms with Crippen LogP contribution in [0.5, 0.6) is 0 Å². The number of nitrogens with zero attached hydrogens (tertiary/aromatic N) is 1. The molecule has 0 N–H and O–H groups in total. The molecule has 192 valence electrons. The first kappa shape index (κ1) is 24.9. The van der Waals surface area contributed by atoms with Gasteiger partial charge in [-0.15, -0.1) is 0 Å². The molecule has 0 fully saturated rings. The molecule has 1 heterocycles. The van der Waals surface area contributed by atoms with Crippen molar-refractivity contribution in [3.05, 3.63) is 162 Å². The zero-order valence-electron chi connectivity index (χ0n) is 21.7. The molecular formula is C35H29NO2S. The molecule has 0 unspecified atom stereocenters. The van der Waals surface area contributed by atoms with Gasteiger partial charge in [0.2, 0.25) is 0 Å². The van der Waals surface area contributed by atoms with Crippen LogP contribution in [0.2, 0.25) is 0 Å². The number of hydrogen-bond acceptors (Lipinski definition) is 2. The third-order valence-corrected chi connectivity index (χ3v) is 9.11. The highest BCUT2D eigenvalue weighted by Crippen LogP contribution is 2.39. The van der Waals surface area contributed by atoms with Gasteiger partial charge in [0.15, 0.2) is 0 Å². The van der Waals surface area contributed by atoms with E-state index in [1.165, 1.54) is 0 Å². The molecule has 6 rings (SSSR count). The molecule has 0 saturated carbocycles. The molecule has 0 aromatic heterocycles. The molecule has 4 heteroatoms. The lowest BCUT2D eigenvalue weighted by molar-refractivity contribution is 0.500. The summed E-state index contributed by atoms with van der Waals surface area (Å²) in [5.41, 5.74) is 5.68. The Morgan fingerprint density at radius 1 is 0.667 bits per heavy atom. The number of fused-ring (bicyclic) bond motifs is 1. The normalized spacial score (nSPS) is 15.9. The van der Waals surface area contributed by atoms with Crippen LogP contribution in [0, 0.1) is 6.92 Å². The van der Waals surface area contributed by atoms with Crippen LogP contribution in [0.1, 0.15) is 28.2 Å². The topological polar surface area (TPSA) is 37.4 Å². The average Bonchev–Trinajstić information content (AvgIpc) is 3.19. The summed E-state index contributed by atoms with van der Waals surface area (Å²) in [5.74, 6) is -0.177. The third kappa shape index (κ3) is 4.91. The first-order valence-electron chi connectivity index (χ1n) is 13.1. The summed E-state index contributed by atoms with van der Waals surface area (Å²) in [7, 11) is -3.87. The molecule has 0 saturated heterocycles. The van der Waals surface area contributed by atoms with E-state index in [4.69, 9.17) is 0 Å². The van der Waals surface area contributed by atoms with Crippen molar-refractivity contribution in [2.75, 3.05) is 6.54 Å². The van der Waals surface area contributed by atoms with Gasteiger partial charge in [0, 0.05) is 12.5 Å². The van der Waals surface area contributed by atoms with Gasteiger partial charge in [-0.2, -0.15) is 0 Å². The lowest BCUT2D eigenvalue weighted by atomic mass is 9.90. The summed E-state index contributed by atoms with van der Waals surface area (Å²) in [6.45, 7) is 2.24. The van der Waals surface area contributed by atoms with E-state index in [0.29, 0.717) is 5.70 Å². The van der Waals surface area contributed by atoms with Crippen LogP contribution in [-0.2, 0) is 10.0 Å². The molecule has 1 atom stereocenters. The molecule has 39 heavy (non-hydrogen) atoms. The number of rotatable bonds is 5. The standard InChI is InChI=1S/C35H29NO2S/c1-26-19-21-32(22-20-26)39(37,38)36-25-31(34-18-10-16-28-13-8-9-17-33(28)34)23-30(27-11-4-2-5-12-27)24-35(36)29-14-6-3-7-15-29/h2-24,31H,25H2,1H3/t31-/m1/s1. The lowest BCUT2D eigenvalue weighted by Gasteiger charge is -2.29. The summed E-state index contributed by atoms with van der Waals surface area (Å²) < 4.78 is 30.4. The Hall–Kier alpha value is -4.41. The van der Waals surface area contributed by atoms with E-state index in [1.807, 2.05) is 85.8 Å². The van der Waals surface area contributed by atoms with Crippen LogP contribution in [0.15, 0.2) is 144 Å². The fraction of sp³-hybridized carbons (Fsp3) is 0.0857. The summed E-state index contributed by atoms with van der Waals surface area (Å²) >= 11 is 0. The second kappa shape index (κ2) is 10.4. The Bertz CT molecular complexity index is 1780. The van der Waals surface area contributed by atoms with Crippen LogP contribution in [-0.4, -0.2) is 19.3 Å². The van der Waals surface area contributed by atoms with Gasteiger partial charge in [-0.25, -0.2) is 8.42 Å². The molecule has 1 aliphatic heterocycles. The fourth-order valence-corrected chi connectivity index (χ4v) is 6.80. The Morgan fingerprint density at radius 3 is 2.00 bits per heavy atom. The average molecular weight is 528 g/mol. The maximum atomic E-state index is 14.4. The predicted octanol–water partition coefficient (Wildman–Crippen LogP) is 8.06. The molecule has 0 radical (unpaired) electrons. The van der Waals surface area contributed by atoms with Gasteiger partial charge in [0.1, 0.15) is 0 Å². The molecule has 0 bridgehead atoms. The summed E-state index contributed by atoms with van der Waals surface area (Å²) in [6.07, 6.45) is 4.26. The van der Waals surface area contributed by atoms with Gasteiger partial charge in [-0.1, -0.05) is 127 Å². The molecule has 3 nitrogen and oxygen atoms in total. The second-order valence-corrected chi connectivity index (χ2v) is 11.8. The molecule has 0 aliphatic carbocycles. The van der Waals surface area contributed by atoms with Crippen LogP contribution in [0.25, 0.3) is 22.0 Å². The zero-order valence-corrected chi connectivity index (χ0v) is 22.6. The number of aryl methyl sites for hydroxylation is 1. The van der Waals surface area contributed by atoms with Crippen LogP contribution >= 0.6 is 0 Å². The van der Waals surface area contributed by atoms with Gasteiger partial charge in [0.25, 0.3) is 10.0 Å². The van der Waals surface area contributed by atoms with Crippen molar-refractivity contribution in [2.45, 2.75) is 17.7 Å². The summed E-state index contributed by atoms with van der Waals surface area (Å²) in [6, 6.07) is 41.7. The van der Waals surface area contributed by atoms with Crippen LogP contribution in [0.4, 0.5) is 0 Å². The highest BCUT2D eigenvalue weighted by atomic mass is 32.2. The number of benzene rings is 5. The Labute approximate surface area is 230 Å². The minimum Gasteiger partial charge on any atom is -0.265 e. The SMILES string of the molecule is Cc1ccc(S(=O)(=O)N2C[C@H](c3cccc4ccccc34)C=C(c3ccccc3)C=C2c2ccccc2)cc1. The molecule has 1 aliphatic rings. The van der Waals surface area contributed by atoms with Crippen LogP contribution < -0.4 is 0 Å². The minimum absolute atomic E-state index is 0.177. The number of sulfonamides is 1. The molecule has 0 amide bonds. The smallest absolute Gasteiger partial charge is 0.264 e. The van der Waals surface area contributed by atoms with Crippen molar-refractivity contribution in [3.8, 4) is 0 Å². The van der Waals surface area contributed by atoms with E-state index in [2.05, 4.69) is 48.5 Å². The molecule has 5 aromatic carbocycles. The highest BCUT2D eigenvalue weighted by Gasteiger charge is 2.32. The minimum atomic E-state index is -3.87. The van der Waals surface area contributed by atoms with Crippen molar-refractivity contribution in [1.82, 2.24) is 4.31 Å². The maximum Gasteiger partial charge on any atom is 0.264 e. The van der Waals surface area contributed by atoms with Crippen molar-refractivity contribution in [3.63, 3.8) is 0 Å². The Balaban J connectivity index is 1.60. The Kier molecular flexibility index (Phi) is 6.64. The van der Waals surface area contributed by atoms with E-state index in [1.54, 1.807) is 16.4 Å². The van der Waals surface area contributed by atoms with Gasteiger partial charge in [-0.3, -0.25) is 4.31 Å². The molecule has 0 spiro atoms. The number of allylic oxidation sites excluding steroid dienone is 2. The zero-order chi connectivity index (χ0) is 26.8. The van der Waals surface area contributed by atoms with Crippen molar-refractivity contribution in [2.24, 2.45) is 0 Å². The Morgan fingerprint density at radius 2 is 1.28 bits per heavy atom. The van der Waals surface area contributed by atoms with E-state index < -0.39 is 10.0 Å². The quantitative estimate of drug-likeness (QED) is 0.232. The monoisotopic (exact) mass is 527 g/mol. The first-order valence-corrected chi connectivity index (χ1v) is 14.6. The van der Waals surface area contributed by atoms with Crippen LogP contribution in [0.3, 0.4) is 0 Å².